The van der Waals surface area contributed by atoms with E-state index < -0.39 is 6.10 Å². The Morgan fingerprint density at radius 1 is 1.29 bits per heavy atom. The maximum atomic E-state index is 9.81. The smallest absolute Gasteiger partial charge is 0.124 e. The molecule has 4 nitrogen and oxygen atoms in total. The number of aliphatic hydroxyl groups is 1. The summed E-state index contributed by atoms with van der Waals surface area (Å²) in [6.45, 7) is 4.25. The maximum absolute atomic E-state index is 9.81. The van der Waals surface area contributed by atoms with Crippen molar-refractivity contribution in [3.8, 4) is 5.75 Å². The lowest BCUT2D eigenvalue weighted by Gasteiger charge is -2.22. The van der Waals surface area contributed by atoms with Crippen molar-refractivity contribution in [2.45, 2.75) is 26.0 Å². The summed E-state index contributed by atoms with van der Waals surface area (Å²) in [6.07, 6.45) is 2.03. The quantitative estimate of drug-likeness (QED) is 0.941. The molecule has 2 aromatic rings. The summed E-state index contributed by atoms with van der Waals surface area (Å²) in [6, 6.07) is 12.1. The number of pyridine rings is 1. The molecule has 1 unspecified atom stereocenters. The number of fused-ring (bicyclic) bond motifs is 1. The Morgan fingerprint density at radius 3 is 2.90 bits per heavy atom. The SMILES string of the molecule is CCC(O)c1ccc(N2CCOc3ccccc3C2)cn1. The zero-order valence-corrected chi connectivity index (χ0v) is 12.2. The molecule has 1 aliphatic rings. The van der Waals surface area contributed by atoms with Crippen molar-refractivity contribution in [1.82, 2.24) is 4.98 Å². The number of benzene rings is 1. The molecule has 2 heterocycles. The summed E-state index contributed by atoms with van der Waals surface area (Å²) in [5, 5.41) is 9.81. The summed E-state index contributed by atoms with van der Waals surface area (Å²) in [7, 11) is 0. The van der Waals surface area contributed by atoms with E-state index in [2.05, 4.69) is 16.0 Å². The molecule has 0 radical (unpaired) electrons. The molecule has 1 atom stereocenters. The average Bonchev–Trinajstić information content (AvgIpc) is 2.76. The summed E-state index contributed by atoms with van der Waals surface area (Å²) in [5.74, 6) is 0.964. The molecule has 4 heteroatoms. The van der Waals surface area contributed by atoms with Crippen LogP contribution in [0.5, 0.6) is 5.75 Å². The molecule has 1 aromatic heterocycles. The lowest BCUT2D eigenvalue weighted by Crippen LogP contribution is -2.25. The van der Waals surface area contributed by atoms with Gasteiger partial charge in [-0.1, -0.05) is 25.1 Å². The van der Waals surface area contributed by atoms with Crippen LogP contribution in [0.3, 0.4) is 0 Å². The van der Waals surface area contributed by atoms with Crippen molar-refractivity contribution in [2.75, 3.05) is 18.1 Å². The van der Waals surface area contributed by atoms with Crippen molar-refractivity contribution < 1.29 is 9.84 Å². The van der Waals surface area contributed by atoms with Crippen molar-refractivity contribution in [3.05, 3.63) is 53.9 Å². The number of rotatable bonds is 3. The van der Waals surface area contributed by atoms with E-state index in [4.69, 9.17) is 4.74 Å². The second-order valence-corrected chi connectivity index (χ2v) is 5.24. The van der Waals surface area contributed by atoms with Crippen LogP contribution in [-0.4, -0.2) is 23.2 Å². The third kappa shape index (κ3) is 3.00. The number of ether oxygens (including phenoxy) is 1. The van der Waals surface area contributed by atoms with E-state index in [-0.39, 0.29) is 0 Å². The van der Waals surface area contributed by atoms with Crippen LogP contribution < -0.4 is 9.64 Å². The molecule has 1 aromatic carbocycles. The van der Waals surface area contributed by atoms with Crippen molar-refractivity contribution in [3.63, 3.8) is 0 Å². The fraction of sp³-hybridized carbons (Fsp3) is 0.353. The molecule has 110 valence electrons. The highest BCUT2D eigenvalue weighted by Gasteiger charge is 2.16. The van der Waals surface area contributed by atoms with Crippen molar-refractivity contribution in [1.29, 1.82) is 0 Å². The van der Waals surface area contributed by atoms with Crippen LogP contribution in [0.15, 0.2) is 42.6 Å². The Hall–Kier alpha value is -2.07. The molecule has 1 aliphatic heterocycles. The third-order valence-corrected chi connectivity index (χ3v) is 3.82. The van der Waals surface area contributed by atoms with Gasteiger partial charge in [0.2, 0.25) is 0 Å². The average molecular weight is 284 g/mol. The zero-order chi connectivity index (χ0) is 14.7. The van der Waals surface area contributed by atoms with Gasteiger partial charge in [-0.05, 0) is 24.6 Å². The fourth-order valence-corrected chi connectivity index (χ4v) is 2.54. The van der Waals surface area contributed by atoms with E-state index in [1.165, 1.54) is 5.56 Å². The normalized spacial score (nSPS) is 15.8. The van der Waals surface area contributed by atoms with Gasteiger partial charge in [0.1, 0.15) is 12.4 Å². The number of aliphatic hydroxyl groups excluding tert-OH is 1. The molecular formula is C17H20N2O2. The van der Waals surface area contributed by atoms with Crippen LogP contribution >= 0.6 is 0 Å². The topological polar surface area (TPSA) is 45.6 Å². The van der Waals surface area contributed by atoms with Crippen LogP contribution in [0.25, 0.3) is 0 Å². The lowest BCUT2D eigenvalue weighted by molar-refractivity contribution is 0.169. The van der Waals surface area contributed by atoms with E-state index in [9.17, 15) is 5.11 Å². The molecule has 0 spiro atoms. The third-order valence-electron chi connectivity index (χ3n) is 3.82. The zero-order valence-electron chi connectivity index (χ0n) is 12.2. The first kappa shape index (κ1) is 13.9. The summed E-state index contributed by atoms with van der Waals surface area (Å²) in [4.78, 5) is 6.63. The molecule has 0 aliphatic carbocycles. The first-order chi connectivity index (χ1) is 10.3. The van der Waals surface area contributed by atoms with Crippen LogP contribution in [0.4, 0.5) is 5.69 Å². The molecule has 21 heavy (non-hydrogen) atoms. The number of hydrogen-bond acceptors (Lipinski definition) is 4. The summed E-state index contributed by atoms with van der Waals surface area (Å²) >= 11 is 0. The molecular weight excluding hydrogens is 264 g/mol. The largest absolute Gasteiger partial charge is 0.491 e. The minimum atomic E-state index is -0.479. The van der Waals surface area contributed by atoms with E-state index in [0.29, 0.717) is 13.0 Å². The Labute approximate surface area is 125 Å². The van der Waals surface area contributed by atoms with Crippen molar-refractivity contribution in [2.24, 2.45) is 0 Å². The number of anilines is 1. The van der Waals surface area contributed by atoms with Gasteiger partial charge in [0.25, 0.3) is 0 Å². The molecule has 0 saturated heterocycles. The van der Waals surface area contributed by atoms with Gasteiger partial charge in [-0.25, -0.2) is 0 Å². The summed E-state index contributed by atoms with van der Waals surface area (Å²) in [5.41, 5.74) is 2.97. The second kappa shape index (κ2) is 6.14. The van der Waals surface area contributed by atoms with Gasteiger partial charge in [-0.15, -0.1) is 0 Å². The lowest BCUT2D eigenvalue weighted by atomic mass is 10.1. The Balaban J connectivity index is 1.81. The molecule has 0 amide bonds. The highest BCUT2D eigenvalue weighted by Crippen LogP contribution is 2.26. The monoisotopic (exact) mass is 284 g/mol. The standard InChI is InChI=1S/C17H20N2O2/c1-2-16(20)15-8-7-14(11-18-15)19-9-10-21-17-6-4-3-5-13(17)12-19/h3-8,11,16,20H,2,9-10,12H2,1H3. The molecule has 0 fully saturated rings. The van der Waals surface area contributed by atoms with E-state index in [1.807, 2.05) is 43.5 Å². The Bertz CT molecular complexity index is 598. The number of para-hydroxylation sites is 1. The van der Waals surface area contributed by atoms with Gasteiger partial charge in [0.15, 0.2) is 0 Å². The van der Waals surface area contributed by atoms with Gasteiger partial charge in [-0.3, -0.25) is 4.98 Å². The highest BCUT2D eigenvalue weighted by atomic mass is 16.5. The highest BCUT2D eigenvalue weighted by molar-refractivity contribution is 5.48. The van der Waals surface area contributed by atoms with Gasteiger partial charge < -0.3 is 14.7 Å². The Kier molecular flexibility index (Phi) is 4.06. The summed E-state index contributed by atoms with van der Waals surface area (Å²) < 4.78 is 5.78. The van der Waals surface area contributed by atoms with Crippen LogP contribution in [0, 0.1) is 0 Å². The molecule has 0 saturated carbocycles. The van der Waals surface area contributed by atoms with Crippen LogP contribution in [0.2, 0.25) is 0 Å². The van der Waals surface area contributed by atoms with Crippen molar-refractivity contribution >= 4 is 5.69 Å². The van der Waals surface area contributed by atoms with Crippen LogP contribution in [0.1, 0.15) is 30.7 Å². The van der Waals surface area contributed by atoms with Crippen LogP contribution in [-0.2, 0) is 6.54 Å². The minimum absolute atomic E-state index is 0.479. The predicted octanol–water partition coefficient (Wildman–Crippen LogP) is 2.92. The van der Waals surface area contributed by atoms with E-state index in [0.717, 1.165) is 30.2 Å². The second-order valence-electron chi connectivity index (χ2n) is 5.24. The number of nitrogens with zero attached hydrogens (tertiary/aromatic N) is 2. The van der Waals surface area contributed by atoms with Gasteiger partial charge in [0.05, 0.1) is 30.2 Å². The fourth-order valence-electron chi connectivity index (χ4n) is 2.54. The minimum Gasteiger partial charge on any atom is -0.491 e. The number of aromatic nitrogens is 1. The number of hydrogen-bond donors (Lipinski definition) is 1. The van der Waals surface area contributed by atoms with Gasteiger partial charge >= 0.3 is 0 Å². The predicted molar refractivity (Wildman–Crippen MR) is 82.5 cm³/mol. The van der Waals surface area contributed by atoms with E-state index >= 15 is 0 Å². The van der Waals surface area contributed by atoms with E-state index in [1.54, 1.807) is 0 Å². The Morgan fingerprint density at radius 2 is 2.14 bits per heavy atom. The maximum Gasteiger partial charge on any atom is 0.124 e. The molecule has 0 bridgehead atoms. The molecule has 1 N–H and O–H groups in total. The molecule has 3 rings (SSSR count). The first-order valence-corrected chi connectivity index (χ1v) is 7.37. The van der Waals surface area contributed by atoms with Gasteiger partial charge in [0, 0.05) is 12.1 Å². The van der Waals surface area contributed by atoms with Gasteiger partial charge in [-0.2, -0.15) is 0 Å². The first-order valence-electron chi connectivity index (χ1n) is 7.37.